The largest absolute Gasteiger partial charge is 0.368 e. The van der Waals surface area contributed by atoms with Crippen molar-refractivity contribution < 1.29 is 0 Å². The number of hydrogen-bond donors (Lipinski definition) is 1. The maximum absolute atomic E-state index is 3.60. The number of rotatable bonds is 8. The molecule has 0 atom stereocenters. The molecule has 0 aliphatic heterocycles. The van der Waals surface area contributed by atoms with Crippen LogP contribution >= 0.6 is 15.9 Å². The molecule has 106 valence electrons. The van der Waals surface area contributed by atoms with Crippen molar-refractivity contribution in [2.75, 3.05) is 18.0 Å². The Balaban J connectivity index is 2.16. The minimum atomic E-state index is 0.783. The molecule has 3 heteroatoms. The van der Waals surface area contributed by atoms with Crippen LogP contribution in [0.25, 0.3) is 0 Å². The van der Waals surface area contributed by atoms with Gasteiger partial charge in [0.05, 0.1) is 0 Å². The molecule has 0 aromatic heterocycles. The summed E-state index contributed by atoms with van der Waals surface area (Å²) in [7, 11) is 0. The summed E-state index contributed by atoms with van der Waals surface area (Å²) < 4.78 is 1.18. The number of nitrogens with zero attached hydrogens (tertiary/aromatic N) is 1. The van der Waals surface area contributed by atoms with Crippen molar-refractivity contribution in [3.63, 3.8) is 0 Å². The number of halogens is 1. The van der Waals surface area contributed by atoms with Crippen LogP contribution in [0, 0.1) is 0 Å². The average molecular weight is 325 g/mol. The van der Waals surface area contributed by atoms with Crippen molar-refractivity contribution in [2.24, 2.45) is 0 Å². The molecule has 1 aliphatic rings. The first kappa shape index (κ1) is 14.9. The minimum absolute atomic E-state index is 0.783. The second kappa shape index (κ2) is 7.30. The van der Waals surface area contributed by atoms with E-state index in [1.165, 1.54) is 48.0 Å². The molecule has 0 amide bonds. The fourth-order valence-corrected chi connectivity index (χ4v) is 2.91. The van der Waals surface area contributed by atoms with Gasteiger partial charge in [-0.1, -0.05) is 29.8 Å². The Morgan fingerprint density at radius 2 is 2.05 bits per heavy atom. The molecule has 0 bridgehead atoms. The topological polar surface area (TPSA) is 15.3 Å². The van der Waals surface area contributed by atoms with E-state index in [-0.39, 0.29) is 0 Å². The summed E-state index contributed by atoms with van der Waals surface area (Å²) in [5.74, 6) is 0. The molecule has 1 aromatic rings. The van der Waals surface area contributed by atoms with E-state index in [2.05, 4.69) is 58.2 Å². The van der Waals surface area contributed by atoms with Gasteiger partial charge in [-0.25, -0.2) is 0 Å². The molecular weight excluding hydrogens is 300 g/mol. The van der Waals surface area contributed by atoms with E-state index in [1.54, 1.807) is 0 Å². The van der Waals surface area contributed by atoms with Crippen LogP contribution in [0.15, 0.2) is 22.7 Å². The fraction of sp³-hybridized carbons (Fsp3) is 0.625. The van der Waals surface area contributed by atoms with Crippen molar-refractivity contribution in [1.29, 1.82) is 0 Å². The van der Waals surface area contributed by atoms with Gasteiger partial charge in [0.2, 0.25) is 0 Å². The van der Waals surface area contributed by atoms with E-state index >= 15 is 0 Å². The zero-order chi connectivity index (χ0) is 13.7. The standard InChI is InChI=1S/C16H25BrN2/c1-3-9-18-12-13-11-14(17)5-8-16(13)19(10-4-2)15-6-7-15/h5,8,11,15,18H,3-4,6-7,9-10,12H2,1-2H3. The second-order valence-electron chi connectivity index (χ2n) is 5.37. The lowest BCUT2D eigenvalue weighted by Gasteiger charge is -2.27. The summed E-state index contributed by atoms with van der Waals surface area (Å²) >= 11 is 3.60. The molecular formula is C16H25BrN2. The number of hydrogen-bond acceptors (Lipinski definition) is 2. The van der Waals surface area contributed by atoms with Crippen LogP contribution in [0.1, 0.15) is 45.1 Å². The van der Waals surface area contributed by atoms with Crippen molar-refractivity contribution in [3.05, 3.63) is 28.2 Å². The zero-order valence-electron chi connectivity index (χ0n) is 12.1. The van der Waals surface area contributed by atoms with E-state index in [4.69, 9.17) is 0 Å². The van der Waals surface area contributed by atoms with Gasteiger partial charge >= 0.3 is 0 Å². The highest BCUT2D eigenvalue weighted by atomic mass is 79.9. The molecule has 1 aliphatic carbocycles. The lowest BCUT2D eigenvalue weighted by Crippen LogP contribution is -2.28. The Bertz CT molecular complexity index is 402. The van der Waals surface area contributed by atoms with Gasteiger partial charge in [0.25, 0.3) is 0 Å². The number of benzene rings is 1. The maximum atomic E-state index is 3.60. The Labute approximate surface area is 125 Å². The first-order chi connectivity index (χ1) is 9.26. The van der Waals surface area contributed by atoms with Gasteiger partial charge in [-0.2, -0.15) is 0 Å². The van der Waals surface area contributed by atoms with Gasteiger partial charge in [-0.05, 0) is 56.0 Å². The SMILES string of the molecule is CCCNCc1cc(Br)ccc1N(CCC)C1CC1. The van der Waals surface area contributed by atoms with E-state index in [9.17, 15) is 0 Å². The quantitative estimate of drug-likeness (QED) is 0.716. The molecule has 1 aromatic carbocycles. The lowest BCUT2D eigenvalue weighted by molar-refractivity contribution is 0.669. The minimum Gasteiger partial charge on any atom is -0.368 e. The molecule has 1 saturated carbocycles. The molecule has 0 unspecified atom stereocenters. The molecule has 19 heavy (non-hydrogen) atoms. The molecule has 0 saturated heterocycles. The predicted octanol–water partition coefficient (Wildman–Crippen LogP) is 4.33. The third kappa shape index (κ3) is 4.22. The normalized spacial score (nSPS) is 14.7. The Hall–Kier alpha value is -0.540. The average Bonchev–Trinajstić information content (AvgIpc) is 3.21. The van der Waals surface area contributed by atoms with E-state index in [1.807, 2.05) is 0 Å². The van der Waals surface area contributed by atoms with Crippen LogP contribution in [-0.2, 0) is 6.54 Å². The number of nitrogens with one attached hydrogen (secondary N) is 1. The summed E-state index contributed by atoms with van der Waals surface area (Å²) in [6, 6.07) is 7.50. The highest BCUT2D eigenvalue weighted by molar-refractivity contribution is 9.10. The summed E-state index contributed by atoms with van der Waals surface area (Å²) in [5, 5.41) is 3.53. The fourth-order valence-electron chi connectivity index (χ4n) is 2.50. The zero-order valence-corrected chi connectivity index (χ0v) is 13.7. The van der Waals surface area contributed by atoms with Gasteiger partial charge in [0.15, 0.2) is 0 Å². The molecule has 1 fully saturated rings. The van der Waals surface area contributed by atoms with E-state index in [0.717, 1.165) is 19.1 Å². The van der Waals surface area contributed by atoms with Gasteiger partial charge in [0, 0.05) is 29.3 Å². The van der Waals surface area contributed by atoms with Crippen LogP contribution in [0.2, 0.25) is 0 Å². The molecule has 0 radical (unpaired) electrons. The Morgan fingerprint density at radius 1 is 1.26 bits per heavy atom. The van der Waals surface area contributed by atoms with E-state index in [0.29, 0.717) is 0 Å². The first-order valence-corrected chi connectivity index (χ1v) is 8.31. The predicted molar refractivity (Wildman–Crippen MR) is 86.8 cm³/mol. The molecule has 0 heterocycles. The van der Waals surface area contributed by atoms with Gasteiger partial charge in [0.1, 0.15) is 0 Å². The second-order valence-corrected chi connectivity index (χ2v) is 6.29. The molecule has 1 N–H and O–H groups in total. The van der Waals surface area contributed by atoms with Crippen molar-refractivity contribution in [2.45, 2.75) is 52.1 Å². The Morgan fingerprint density at radius 3 is 2.68 bits per heavy atom. The third-order valence-electron chi connectivity index (χ3n) is 3.55. The van der Waals surface area contributed by atoms with Crippen LogP contribution in [-0.4, -0.2) is 19.1 Å². The third-order valence-corrected chi connectivity index (χ3v) is 4.04. The van der Waals surface area contributed by atoms with Crippen molar-refractivity contribution >= 4 is 21.6 Å². The summed E-state index contributed by atoms with van der Waals surface area (Å²) in [6.07, 6.45) is 5.12. The smallest absolute Gasteiger partial charge is 0.0415 e. The monoisotopic (exact) mass is 324 g/mol. The summed E-state index contributed by atoms with van der Waals surface area (Å²) in [5.41, 5.74) is 2.85. The van der Waals surface area contributed by atoms with Crippen molar-refractivity contribution in [3.8, 4) is 0 Å². The first-order valence-electron chi connectivity index (χ1n) is 7.52. The lowest BCUT2D eigenvalue weighted by atomic mass is 10.1. The Kier molecular flexibility index (Phi) is 5.71. The maximum Gasteiger partial charge on any atom is 0.0415 e. The van der Waals surface area contributed by atoms with Crippen LogP contribution in [0.4, 0.5) is 5.69 Å². The summed E-state index contributed by atoms with van der Waals surface area (Å²) in [6.45, 7) is 7.71. The van der Waals surface area contributed by atoms with Gasteiger partial charge in [-0.3, -0.25) is 0 Å². The van der Waals surface area contributed by atoms with Crippen molar-refractivity contribution in [1.82, 2.24) is 5.32 Å². The molecule has 0 spiro atoms. The molecule has 2 nitrogen and oxygen atoms in total. The highest BCUT2D eigenvalue weighted by Gasteiger charge is 2.29. The van der Waals surface area contributed by atoms with Crippen LogP contribution in [0.5, 0.6) is 0 Å². The molecule has 2 rings (SSSR count). The van der Waals surface area contributed by atoms with Crippen LogP contribution < -0.4 is 10.2 Å². The summed E-state index contributed by atoms with van der Waals surface area (Å²) in [4.78, 5) is 2.61. The van der Waals surface area contributed by atoms with E-state index < -0.39 is 0 Å². The highest BCUT2D eigenvalue weighted by Crippen LogP contribution is 2.34. The number of anilines is 1. The van der Waals surface area contributed by atoms with Crippen LogP contribution in [0.3, 0.4) is 0 Å². The van der Waals surface area contributed by atoms with Gasteiger partial charge in [-0.15, -0.1) is 0 Å². The van der Waals surface area contributed by atoms with Gasteiger partial charge < -0.3 is 10.2 Å².